The summed E-state index contributed by atoms with van der Waals surface area (Å²) in [6.45, 7) is 6.27. The molecule has 2 fully saturated rings. The number of aromatic nitrogens is 5. The summed E-state index contributed by atoms with van der Waals surface area (Å²) < 4.78 is 32.8. The number of hydrogen-bond acceptors (Lipinski definition) is 8. The van der Waals surface area contributed by atoms with Crippen molar-refractivity contribution in [3.8, 4) is 11.3 Å². The van der Waals surface area contributed by atoms with Gasteiger partial charge in [-0.15, -0.1) is 0 Å². The molecule has 0 bridgehead atoms. The van der Waals surface area contributed by atoms with Crippen LogP contribution in [-0.2, 0) is 14.8 Å². The molecule has 0 radical (unpaired) electrons. The van der Waals surface area contributed by atoms with E-state index in [-0.39, 0.29) is 6.04 Å². The van der Waals surface area contributed by atoms with Crippen LogP contribution in [0.5, 0.6) is 0 Å². The zero-order chi connectivity index (χ0) is 21.6. The normalized spacial score (nSPS) is 21.2. The van der Waals surface area contributed by atoms with Crippen LogP contribution in [0.2, 0.25) is 0 Å². The number of hydrogen-bond donors (Lipinski definition) is 1. The van der Waals surface area contributed by atoms with Crippen molar-refractivity contribution in [3.63, 3.8) is 0 Å². The fraction of sp³-hybridized carbons (Fsp3) is 0.526. The van der Waals surface area contributed by atoms with Gasteiger partial charge in [0.05, 0.1) is 43.0 Å². The molecule has 166 valence electrons. The smallest absolute Gasteiger partial charge is 0.211 e. The monoisotopic (exact) mass is 446 g/mol. The molecule has 0 aliphatic carbocycles. The van der Waals surface area contributed by atoms with Crippen molar-refractivity contribution in [2.75, 3.05) is 62.0 Å². The number of sulfonamides is 1. The van der Waals surface area contributed by atoms with Crippen molar-refractivity contribution >= 4 is 27.3 Å². The molecule has 31 heavy (non-hydrogen) atoms. The zero-order valence-electron chi connectivity index (χ0n) is 17.6. The molecule has 12 heteroatoms. The van der Waals surface area contributed by atoms with E-state index in [9.17, 15) is 8.42 Å². The Labute approximate surface area is 180 Å². The number of ether oxygens (including phenoxy) is 1. The summed E-state index contributed by atoms with van der Waals surface area (Å²) in [5.74, 6) is 1.77. The number of anilines is 2. The van der Waals surface area contributed by atoms with Gasteiger partial charge >= 0.3 is 0 Å². The molecule has 3 aromatic rings. The Kier molecular flexibility index (Phi) is 5.07. The van der Waals surface area contributed by atoms with Crippen LogP contribution in [0.4, 0.5) is 11.6 Å². The Morgan fingerprint density at radius 2 is 2.00 bits per heavy atom. The third-order valence-electron chi connectivity index (χ3n) is 5.92. The largest absolute Gasteiger partial charge is 0.377 e. The minimum Gasteiger partial charge on any atom is -0.377 e. The Balaban J connectivity index is 1.58. The molecular weight excluding hydrogens is 420 g/mol. The highest BCUT2D eigenvalue weighted by atomic mass is 32.2. The van der Waals surface area contributed by atoms with E-state index in [2.05, 4.69) is 38.1 Å². The fourth-order valence-electron chi connectivity index (χ4n) is 4.22. The van der Waals surface area contributed by atoms with Gasteiger partial charge < -0.3 is 14.5 Å². The van der Waals surface area contributed by atoms with Gasteiger partial charge in [-0.1, -0.05) is 0 Å². The van der Waals surface area contributed by atoms with E-state index in [4.69, 9.17) is 9.72 Å². The molecule has 0 aromatic carbocycles. The molecule has 11 nitrogen and oxygen atoms in total. The second kappa shape index (κ2) is 7.77. The van der Waals surface area contributed by atoms with Crippen LogP contribution in [0, 0.1) is 0 Å². The maximum absolute atomic E-state index is 11.9. The average molecular weight is 447 g/mol. The minimum atomic E-state index is -3.19. The molecule has 2 saturated heterocycles. The fourth-order valence-corrected chi connectivity index (χ4v) is 5.05. The van der Waals surface area contributed by atoms with Crippen molar-refractivity contribution in [3.05, 3.63) is 24.5 Å². The number of nitrogens with one attached hydrogen (secondary N) is 1. The Bertz CT molecular complexity index is 1170. The summed E-state index contributed by atoms with van der Waals surface area (Å²) in [6, 6.07) is 4.15. The number of piperazine rings is 1. The van der Waals surface area contributed by atoms with Gasteiger partial charge in [-0.05, 0) is 13.0 Å². The number of nitrogens with zero attached hydrogens (tertiary/aromatic N) is 7. The predicted octanol–water partition coefficient (Wildman–Crippen LogP) is 0.426. The second-order valence-corrected chi connectivity index (χ2v) is 9.99. The lowest BCUT2D eigenvalue weighted by Gasteiger charge is -2.37. The molecule has 5 rings (SSSR count). The van der Waals surface area contributed by atoms with Crippen molar-refractivity contribution in [1.29, 1.82) is 0 Å². The van der Waals surface area contributed by atoms with Crippen molar-refractivity contribution in [2.24, 2.45) is 0 Å². The van der Waals surface area contributed by atoms with Gasteiger partial charge in [0.1, 0.15) is 11.6 Å². The van der Waals surface area contributed by atoms with E-state index in [0.717, 1.165) is 35.1 Å². The van der Waals surface area contributed by atoms with Crippen LogP contribution in [-0.4, -0.2) is 95.8 Å². The van der Waals surface area contributed by atoms with E-state index in [1.165, 1.54) is 10.6 Å². The lowest BCUT2D eigenvalue weighted by molar-refractivity contribution is 0.0985. The van der Waals surface area contributed by atoms with E-state index < -0.39 is 10.0 Å². The number of morpholine rings is 1. The summed E-state index contributed by atoms with van der Waals surface area (Å²) >= 11 is 0. The second-order valence-electron chi connectivity index (χ2n) is 8.00. The van der Waals surface area contributed by atoms with E-state index >= 15 is 0 Å². The molecule has 2 aliphatic heterocycles. The van der Waals surface area contributed by atoms with Gasteiger partial charge in [0.2, 0.25) is 10.0 Å². The first-order valence-electron chi connectivity index (χ1n) is 10.3. The quantitative estimate of drug-likeness (QED) is 0.614. The van der Waals surface area contributed by atoms with Gasteiger partial charge in [0.15, 0.2) is 5.65 Å². The molecule has 0 saturated carbocycles. The predicted molar refractivity (Wildman–Crippen MR) is 117 cm³/mol. The van der Waals surface area contributed by atoms with Gasteiger partial charge in [0, 0.05) is 45.0 Å². The highest BCUT2D eigenvalue weighted by Gasteiger charge is 2.28. The molecule has 2 aliphatic rings. The SMILES string of the molecule is C[C@@H]1COCCN1c1cc(N2CCN(S(C)(=O)=O)CC2)n2ncc(-c3ccn[nH]3)c2n1. The highest BCUT2D eigenvalue weighted by molar-refractivity contribution is 7.88. The lowest BCUT2D eigenvalue weighted by atomic mass is 10.2. The Morgan fingerprint density at radius 3 is 2.68 bits per heavy atom. The van der Waals surface area contributed by atoms with E-state index in [0.29, 0.717) is 39.4 Å². The summed E-state index contributed by atoms with van der Waals surface area (Å²) in [7, 11) is -3.19. The molecule has 3 aromatic heterocycles. The summed E-state index contributed by atoms with van der Waals surface area (Å²) in [6.07, 6.45) is 4.76. The molecule has 0 unspecified atom stereocenters. The topological polar surface area (TPSA) is 112 Å². The van der Waals surface area contributed by atoms with Gasteiger partial charge in [-0.3, -0.25) is 5.10 Å². The first kappa shape index (κ1) is 20.2. The van der Waals surface area contributed by atoms with Gasteiger partial charge in [-0.25, -0.2) is 13.4 Å². The van der Waals surface area contributed by atoms with Crippen molar-refractivity contribution in [1.82, 2.24) is 29.1 Å². The van der Waals surface area contributed by atoms with Crippen LogP contribution in [0.15, 0.2) is 24.5 Å². The summed E-state index contributed by atoms with van der Waals surface area (Å²) in [4.78, 5) is 9.39. The number of fused-ring (bicyclic) bond motifs is 1. The Morgan fingerprint density at radius 1 is 1.19 bits per heavy atom. The highest BCUT2D eigenvalue weighted by Crippen LogP contribution is 2.30. The summed E-state index contributed by atoms with van der Waals surface area (Å²) in [5.41, 5.74) is 2.46. The number of H-pyrrole nitrogens is 1. The standard InChI is InChI=1S/C19H26N8O3S/c1-14-13-30-10-9-26(14)17-11-18(24-5-7-25(8-6-24)31(2,28)29)27-19(22-17)15(12-21-27)16-3-4-20-23-16/h3-4,11-12,14H,5-10,13H2,1-2H3,(H,20,23)/t14-/m1/s1. The molecule has 0 spiro atoms. The van der Waals surface area contributed by atoms with E-state index in [1.807, 2.05) is 10.6 Å². The first-order chi connectivity index (χ1) is 14.9. The minimum absolute atomic E-state index is 0.206. The Hall–Kier alpha value is -2.70. The molecule has 1 N–H and O–H groups in total. The third kappa shape index (κ3) is 3.75. The van der Waals surface area contributed by atoms with Crippen LogP contribution < -0.4 is 9.80 Å². The first-order valence-corrected chi connectivity index (χ1v) is 12.2. The maximum Gasteiger partial charge on any atom is 0.211 e. The van der Waals surface area contributed by atoms with Crippen molar-refractivity contribution < 1.29 is 13.2 Å². The van der Waals surface area contributed by atoms with E-state index in [1.54, 1.807) is 12.4 Å². The van der Waals surface area contributed by atoms with Gasteiger partial charge in [0.25, 0.3) is 0 Å². The lowest BCUT2D eigenvalue weighted by Crippen LogP contribution is -2.49. The van der Waals surface area contributed by atoms with Crippen LogP contribution in [0.25, 0.3) is 16.9 Å². The van der Waals surface area contributed by atoms with Gasteiger partial charge in [-0.2, -0.15) is 19.0 Å². The molecule has 0 amide bonds. The number of aromatic amines is 1. The molecule has 5 heterocycles. The summed E-state index contributed by atoms with van der Waals surface area (Å²) in [5, 5.41) is 11.7. The average Bonchev–Trinajstić information content (AvgIpc) is 3.42. The van der Waals surface area contributed by atoms with Crippen LogP contribution in [0.1, 0.15) is 6.92 Å². The maximum atomic E-state index is 11.9. The molecular formula is C19H26N8O3S. The van der Waals surface area contributed by atoms with Crippen LogP contribution in [0.3, 0.4) is 0 Å². The molecule has 1 atom stereocenters. The zero-order valence-corrected chi connectivity index (χ0v) is 18.4. The van der Waals surface area contributed by atoms with Crippen LogP contribution >= 0.6 is 0 Å². The van der Waals surface area contributed by atoms with Crippen molar-refractivity contribution in [2.45, 2.75) is 13.0 Å². The third-order valence-corrected chi connectivity index (χ3v) is 7.23. The number of rotatable bonds is 4.